The Morgan fingerprint density at radius 3 is 2.46 bits per heavy atom. The highest BCUT2D eigenvalue weighted by Gasteiger charge is 2.40. The lowest BCUT2D eigenvalue weighted by Gasteiger charge is -2.36. The molecule has 8 heteroatoms. The van der Waals surface area contributed by atoms with Crippen LogP contribution in [0.2, 0.25) is 5.02 Å². The third-order valence-corrected chi connectivity index (χ3v) is 7.88. The first-order valence-corrected chi connectivity index (χ1v) is 13.9. The van der Waals surface area contributed by atoms with Crippen molar-refractivity contribution in [1.29, 1.82) is 0 Å². The number of nitrogens with one attached hydrogen (secondary N) is 2. The van der Waals surface area contributed by atoms with E-state index in [1.54, 1.807) is 0 Å². The molecule has 198 valence electrons. The van der Waals surface area contributed by atoms with E-state index in [2.05, 4.69) is 10.6 Å². The van der Waals surface area contributed by atoms with Gasteiger partial charge in [0.2, 0.25) is 5.91 Å². The Kier molecular flexibility index (Phi) is 7.91. The van der Waals surface area contributed by atoms with Crippen molar-refractivity contribution in [3.8, 4) is 0 Å². The van der Waals surface area contributed by atoms with Crippen molar-refractivity contribution < 1.29 is 9.59 Å². The summed E-state index contributed by atoms with van der Waals surface area (Å²) < 4.78 is 0. The number of carbonyl (C=O) groups excluding carboxylic acids is 2. The average molecular weight is 557 g/mol. The molecule has 5 rings (SSSR count). The third kappa shape index (κ3) is 5.95. The molecule has 0 aromatic heterocycles. The summed E-state index contributed by atoms with van der Waals surface area (Å²) in [7, 11) is 0. The maximum absolute atomic E-state index is 13.8. The number of rotatable bonds is 7. The maximum Gasteiger partial charge on any atom is 0.255 e. The first-order chi connectivity index (χ1) is 18.8. The molecule has 2 aliphatic rings. The fraction of sp³-hybridized carbons (Fsp3) is 0.194. The monoisotopic (exact) mass is 556 g/mol. The summed E-state index contributed by atoms with van der Waals surface area (Å²) in [6, 6.07) is 22.7. The van der Waals surface area contributed by atoms with Crippen molar-refractivity contribution in [2.24, 2.45) is 4.99 Å². The predicted molar refractivity (Wildman–Crippen MR) is 159 cm³/mol. The van der Waals surface area contributed by atoms with Crippen molar-refractivity contribution in [2.45, 2.75) is 39.8 Å². The van der Waals surface area contributed by atoms with E-state index in [-0.39, 0.29) is 18.2 Å². The first-order valence-electron chi connectivity index (χ1n) is 12.7. The first kappa shape index (κ1) is 26.8. The van der Waals surface area contributed by atoms with Crippen LogP contribution in [0.3, 0.4) is 0 Å². The molecule has 2 amide bonds. The van der Waals surface area contributed by atoms with Gasteiger partial charge in [0.1, 0.15) is 0 Å². The van der Waals surface area contributed by atoms with Crippen LogP contribution in [0.1, 0.15) is 41.6 Å². The van der Waals surface area contributed by atoms with Gasteiger partial charge in [-0.25, -0.2) is 4.99 Å². The second-order valence-electron chi connectivity index (χ2n) is 9.66. The Hall–Kier alpha value is -3.81. The van der Waals surface area contributed by atoms with Crippen LogP contribution in [-0.4, -0.2) is 21.9 Å². The molecule has 0 saturated heterocycles. The number of nitrogens with zero attached hydrogens (tertiary/aromatic N) is 2. The van der Waals surface area contributed by atoms with Gasteiger partial charge in [-0.2, -0.15) is 0 Å². The van der Waals surface area contributed by atoms with Gasteiger partial charge >= 0.3 is 0 Å². The Labute approximate surface area is 237 Å². The average Bonchev–Trinajstić information content (AvgIpc) is 3.31. The van der Waals surface area contributed by atoms with Crippen LogP contribution >= 0.6 is 23.4 Å². The van der Waals surface area contributed by atoms with E-state index in [9.17, 15) is 9.59 Å². The molecule has 2 N–H and O–H groups in total. The molecule has 3 aromatic carbocycles. The molecule has 0 fully saturated rings. The van der Waals surface area contributed by atoms with Crippen molar-refractivity contribution >= 4 is 46.0 Å². The topological polar surface area (TPSA) is 73.8 Å². The summed E-state index contributed by atoms with van der Waals surface area (Å²) in [5.41, 5.74) is 6.73. The number of aryl methyl sites for hydroxylation is 2. The summed E-state index contributed by atoms with van der Waals surface area (Å²) in [6.07, 6.45) is 0.161. The van der Waals surface area contributed by atoms with Gasteiger partial charge < -0.3 is 15.5 Å². The van der Waals surface area contributed by atoms with Gasteiger partial charge in [0.25, 0.3) is 5.91 Å². The number of allylic oxidation sites excluding steroid dienone is 1. The zero-order chi connectivity index (χ0) is 27.5. The highest BCUT2D eigenvalue weighted by molar-refractivity contribution is 8.16. The minimum Gasteiger partial charge on any atom is -0.352 e. The molecule has 0 aliphatic carbocycles. The predicted octanol–water partition coefficient (Wildman–Crippen LogP) is 6.88. The highest BCUT2D eigenvalue weighted by atomic mass is 35.5. The molecule has 0 spiro atoms. The number of anilines is 1. The van der Waals surface area contributed by atoms with Gasteiger partial charge in [-0.1, -0.05) is 83.5 Å². The molecule has 39 heavy (non-hydrogen) atoms. The van der Waals surface area contributed by atoms with Crippen molar-refractivity contribution in [3.63, 3.8) is 0 Å². The highest BCUT2D eigenvalue weighted by Crippen LogP contribution is 2.45. The summed E-state index contributed by atoms with van der Waals surface area (Å²) in [5, 5.41) is 9.40. The zero-order valence-electron chi connectivity index (χ0n) is 22.0. The number of hydrogen-bond donors (Lipinski definition) is 2. The quantitative estimate of drug-likeness (QED) is 0.333. The summed E-state index contributed by atoms with van der Waals surface area (Å²) in [4.78, 5) is 33.6. The van der Waals surface area contributed by atoms with Crippen LogP contribution in [0.5, 0.6) is 0 Å². The van der Waals surface area contributed by atoms with Crippen LogP contribution in [0.25, 0.3) is 0 Å². The van der Waals surface area contributed by atoms with E-state index in [4.69, 9.17) is 16.6 Å². The van der Waals surface area contributed by atoms with Crippen molar-refractivity contribution in [2.75, 3.05) is 5.32 Å². The number of carbonyl (C=O) groups is 2. The summed E-state index contributed by atoms with van der Waals surface area (Å²) in [5.74, 6) is -0.332. The van der Waals surface area contributed by atoms with Crippen molar-refractivity contribution in [1.82, 2.24) is 10.2 Å². The van der Waals surface area contributed by atoms with Crippen LogP contribution in [0.15, 0.2) is 100 Å². The van der Waals surface area contributed by atoms with E-state index in [1.165, 1.54) is 11.8 Å². The van der Waals surface area contributed by atoms with Crippen LogP contribution in [-0.2, 0) is 16.1 Å². The fourth-order valence-electron chi connectivity index (χ4n) is 4.79. The lowest BCUT2D eigenvalue weighted by Crippen LogP contribution is -2.38. The number of thioether (sulfide) groups is 1. The van der Waals surface area contributed by atoms with E-state index < -0.39 is 6.04 Å². The lowest BCUT2D eigenvalue weighted by molar-refractivity contribution is -0.120. The SMILES string of the molecule is CC1=C(C(=O)Nc2ccc(C)cc2C)[C@@H](c2ccc(Cl)cc2)N2C(CC(=O)NCc3ccccc3)=CSC2=N1. The second-order valence-corrected chi connectivity index (χ2v) is 10.9. The number of aliphatic imine (C=N–C) groups is 1. The zero-order valence-corrected chi connectivity index (χ0v) is 23.6. The normalized spacial score (nSPS) is 16.4. The summed E-state index contributed by atoms with van der Waals surface area (Å²) >= 11 is 7.67. The standard InChI is InChI=1S/C31H29ClN4O2S/c1-19-9-14-26(20(2)15-19)35-30(38)28-21(3)34-31-36(29(28)23-10-12-24(32)13-11-23)25(18-39-31)16-27(37)33-17-22-7-5-4-6-8-22/h4-15,18,29H,16-17H2,1-3H3,(H,33,37)(H,35,38)/t29-/m1/s1. The maximum atomic E-state index is 13.8. The molecule has 3 aromatic rings. The molecule has 2 heterocycles. The number of benzene rings is 3. The Balaban J connectivity index is 1.44. The van der Waals surface area contributed by atoms with E-state index in [1.807, 2.05) is 104 Å². The van der Waals surface area contributed by atoms with Gasteiger partial charge in [-0.15, -0.1) is 0 Å². The Bertz CT molecular complexity index is 1510. The van der Waals surface area contributed by atoms with Gasteiger partial charge in [0.15, 0.2) is 5.17 Å². The fourth-order valence-corrected chi connectivity index (χ4v) is 5.88. The largest absolute Gasteiger partial charge is 0.352 e. The minimum atomic E-state index is -0.469. The van der Waals surface area contributed by atoms with E-state index in [0.717, 1.165) is 38.8 Å². The van der Waals surface area contributed by atoms with E-state index in [0.29, 0.717) is 22.8 Å². The van der Waals surface area contributed by atoms with Crippen LogP contribution in [0.4, 0.5) is 5.69 Å². The minimum absolute atomic E-state index is 0.102. The van der Waals surface area contributed by atoms with Crippen LogP contribution < -0.4 is 10.6 Å². The second kappa shape index (κ2) is 11.5. The van der Waals surface area contributed by atoms with Gasteiger partial charge in [-0.3, -0.25) is 9.59 Å². The summed E-state index contributed by atoms with van der Waals surface area (Å²) in [6.45, 7) is 6.30. The Morgan fingerprint density at radius 2 is 1.74 bits per heavy atom. The molecule has 0 bridgehead atoms. The van der Waals surface area contributed by atoms with Gasteiger partial charge in [0.05, 0.1) is 23.7 Å². The smallest absolute Gasteiger partial charge is 0.255 e. The molecule has 6 nitrogen and oxygen atoms in total. The number of amides is 2. The number of amidine groups is 1. The van der Waals surface area contributed by atoms with E-state index >= 15 is 0 Å². The number of fused-ring (bicyclic) bond motifs is 1. The number of hydrogen-bond acceptors (Lipinski definition) is 5. The van der Waals surface area contributed by atoms with Gasteiger partial charge in [-0.05, 0) is 61.1 Å². The molecule has 0 radical (unpaired) electrons. The molecule has 0 unspecified atom stereocenters. The molecule has 1 atom stereocenters. The van der Waals surface area contributed by atoms with Crippen LogP contribution in [0, 0.1) is 13.8 Å². The van der Waals surface area contributed by atoms with Crippen molar-refractivity contribution in [3.05, 3.63) is 122 Å². The molecule has 0 saturated carbocycles. The third-order valence-electron chi connectivity index (χ3n) is 6.74. The number of halogens is 1. The van der Waals surface area contributed by atoms with Gasteiger partial charge in [0, 0.05) is 23.0 Å². The Morgan fingerprint density at radius 1 is 1.00 bits per heavy atom. The lowest BCUT2D eigenvalue weighted by atomic mass is 9.93. The molecule has 2 aliphatic heterocycles. The molecular weight excluding hydrogens is 528 g/mol. The molecular formula is C31H29ClN4O2S.